The Morgan fingerprint density at radius 2 is 1.74 bits per heavy atom. The molecule has 19 heavy (non-hydrogen) atoms. The van der Waals surface area contributed by atoms with Crippen LogP contribution in [0.15, 0.2) is 30.9 Å². The van der Waals surface area contributed by atoms with Gasteiger partial charge in [0.05, 0.1) is 13.2 Å². The van der Waals surface area contributed by atoms with Crippen LogP contribution in [0.4, 0.5) is 11.4 Å². The van der Waals surface area contributed by atoms with Crippen LogP contribution in [0.3, 0.4) is 0 Å². The van der Waals surface area contributed by atoms with E-state index in [-0.39, 0.29) is 30.2 Å². The number of ether oxygens (including phenoxy) is 2. The van der Waals surface area contributed by atoms with Gasteiger partial charge in [0.2, 0.25) is 0 Å². The molecular weight excluding hydrogens is 248 g/mol. The maximum Gasteiger partial charge on any atom is 0.342 e. The third-order valence-electron chi connectivity index (χ3n) is 2.27. The summed E-state index contributed by atoms with van der Waals surface area (Å²) in [4.78, 5) is 22.5. The van der Waals surface area contributed by atoms with Crippen molar-refractivity contribution < 1.29 is 19.1 Å². The molecule has 1 aromatic carbocycles. The van der Waals surface area contributed by atoms with Gasteiger partial charge in [-0.1, -0.05) is 12.6 Å². The molecule has 102 valence electrons. The number of carbonyl (C=O) groups excluding carboxylic acids is 2. The van der Waals surface area contributed by atoms with Gasteiger partial charge in [0.25, 0.3) is 0 Å². The SMILES string of the molecule is C=CC(=O)OCCCOC(=O)c1c(N)cccc1N. The average molecular weight is 264 g/mol. The molecule has 4 N–H and O–H groups in total. The van der Waals surface area contributed by atoms with Crippen LogP contribution >= 0.6 is 0 Å². The number of hydrogen-bond donors (Lipinski definition) is 2. The maximum atomic E-state index is 11.7. The zero-order valence-electron chi connectivity index (χ0n) is 10.4. The summed E-state index contributed by atoms with van der Waals surface area (Å²) in [5.74, 6) is -1.10. The van der Waals surface area contributed by atoms with Crippen LogP contribution < -0.4 is 11.5 Å². The molecule has 6 nitrogen and oxygen atoms in total. The minimum absolute atomic E-state index is 0.108. The summed E-state index contributed by atoms with van der Waals surface area (Å²) in [5.41, 5.74) is 12.0. The standard InChI is InChI=1S/C13H16N2O4/c1-2-11(16)18-7-4-8-19-13(17)12-9(14)5-3-6-10(12)15/h2-3,5-6H,1,4,7-8,14-15H2. The molecule has 0 spiro atoms. The molecule has 0 atom stereocenters. The van der Waals surface area contributed by atoms with E-state index in [1.807, 2.05) is 0 Å². The number of rotatable bonds is 6. The van der Waals surface area contributed by atoms with E-state index in [1.54, 1.807) is 18.2 Å². The van der Waals surface area contributed by atoms with E-state index in [2.05, 4.69) is 6.58 Å². The van der Waals surface area contributed by atoms with Crippen LogP contribution in [-0.4, -0.2) is 25.2 Å². The zero-order chi connectivity index (χ0) is 14.3. The van der Waals surface area contributed by atoms with Crippen molar-refractivity contribution in [1.82, 2.24) is 0 Å². The first-order valence-electron chi connectivity index (χ1n) is 5.66. The van der Waals surface area contributed by atoms with Gasteiger partial charge in [-0.05, 0) is 12.1 Å². The Balaban J connectivity index is 2.40. The van der Waals surface area contributed by atoms with E-state index < -0.39 is 11.9 Å². The highest BCUT2D eigenvalue weighted by Gasteiger charge is 2.14. The number of nitrogens with two attached hydrogens (primary N) is 2. The Labute approximate surface area is 111 Å². The van der Waals surface area contributed by atoms with Gasteiger partial charge in [0.15, 0.2) is 0 Å². The molecule has 0 aliphatic heterocycles. The smallest absolute Gasteiger partial charge is 0.342 e. The molecule has 0 aliphatic carbocycles. The second kappa shape index (κ2) is 7.05. The number of benzene rings is 1. The quantitative estimate of drug-likeness (QED) is 0.345. The minimum Gasteiger partial charge on any atom is -0.462 e. The number of nitrogen functional groups attached to an aromatic ring is 2. The van der Waals surface area contributed by atoms with Crippen LogP contribution in [0.2, 0.25) is 0 Å². The van der Waals surface area contributed by atoms with E-state index >= 15 is 0 Å². The van der Waals surface area contributed by atoms with E-state index in [1.165, 1.54) is 0 Å². The van der Waals surface area contributed by atoms with E-state index in [0.717, 1.165) is 6.08 Å². The fraction of sp³-hybridized carbons (Fsp3) is 0.231. The molecule has 1 rings (SSSR count). The third kappa shape index (κ3) is 4.34. The summed E-state index contributed by atoms with van der Waals surface area (Å²) >= 11 is 0. The lowest BCUT2D eigenvalue weighted by Crippen LogP contribution is -2.13. The molecule has 0 saturated carbocycles. The average Bonchev–Trinajstić information content (AvgIpc) is 2.37. The van der Waals surface area contributed by atoms with Gasteiger partial charge >= 0.3 is 11.9 Å². The highest BCUT2D eigenvalue weighted by molar-refractivity contribution is 6.00. The molecule has 0 heterocycles. The number of anilines is 2. The minimum atomic E-state index is -0.592. The predicted octanol–water partition coefficient (Wildman–Crippen LogP) is 1.13. The van der Waals surface area contributed by atoms with Gasteiger partial charge in [0.1, 0.15) is 5.56 Å². The van der Waals surface area contributed by atoms with Crippen molar-refractivity contribution in [3.63, 3.8) is 0 Å². The van der Waals surface area contributed by atoms with Crippen molar-refractivity contribution in [2.45, 2.75) is 6.42 Å². The van der Waals surface area contributed by atoms with E-state index in [9.17, 15) is 9.59 Å². The number of esters is 2. The molecule has 0 bridgehead atoms. The molecule has 0 radical (unpaired) electrons. The Bertz CT molecular complexity index is 465. The van der Waals surface area contributed by atoms with Gasteiger partial charge < -0.3 is 20.9 Å². The molecule has 6 heteroatoms. The summed E-state index contributed by atoms with van der Waals surface area (Å²) < 4.78 is 9.72. The van der Waals surface area contributed by atoms with Gasteiger partial charge in [0, 0.05) is 23.9 Å². The van der Waals surface area contributed by atoms with Gasteiger partial charge in [-0.2, -0.15) is 0 Å². The summed E-state index contributed by atoms with van der Waals surface area (Å²) in [6.45, 7) is 3.52. The Morgan fingerprint density at radius 1 is 1.16 bits per heavy atom. The molecule has 0 unspecified atom stereocenters. The Kier molecular flexibility index (Phi) is 5.40. The second-order valence-corrected chi connectivity index (χ2v) is 3.67. The summed E-state index contributed by atoms with van der Waals surface area (Å²) in [6.07, 6.45) is 1.45. The molecule has 0 aromatic heterocycles. The fourth-order valence-corrected chi connectivity index (χ4v) is 1.35. The predicted molar refractivity (Wildman–Crippen MR) is 71.3 cm³/mol. The lowest BCUT2D eigenvalue weighted by Gasteiger charge is -2.09. The van der Waals surface area contributed by atoms with Crippen molar-refractivity contribution in [2.24, 2.45) is 0 Å². The van der Waals surface area contributed by atoms with Crippen LogP contribution in [0, 0.1) is 0 Å². The number of carbonyl (C=O) groups is 2. The van der Waals surface area contributed by atoms with Crippen molar-refractivity contribution in [3.05, 3.63) is 36.4 Å². The first kappa shape index (κ1) is 14.6. The summed E-state index contributed by atoms with van der Waals surface area (Å²) in [6, 6.07) is 4.79. The molecular formula is C13H16N2O4. The van der Waals surface area contributed by atoms with E-state index in [0.29, 0.717) is 6.42 Å². The molecule has 0 aliphatic rings. The first-order chi connectivity index (χ1) is 9.06. The summed E-state index contributed by atoms with van der Waals surface area (Å²) in [7, 11) is 0. The van der Waals surface area contributed by atoms with Crippen LogP contribution in [0.25, 0.3) is 0 Å². The summed E-state index contributed by atoms with van der Waals surface area (Å²) in [5, 5.41) is 0. The van der Waals surface area contributed by atoms with Crippen molar-refractivity contribution >= 4 is 23.3 Å². The third-order valence-corrected chi connectivity index (χ3v) is 2.27. The highest BCUT2D eigenvalue weighted by Crippen LogP contribution is 2.19. The first-order valence-corrected chi connectivity index (χ1v) is 5.66. The van der Waals surface area contributed by atoms with Crippen LogP contribution in [0.5, 0.6) is 0 Å². The normalized spacial score (nSPS) is 9.68. The van der Waals surface area contributed by atoms with Gasteiger partial charge in [-0.15, -0.1) is 0 Å². The molecule has 0 amide bonds. The van der Waals surface area contributed by atoms with E-state index in [4.69, 9.17) is 20.9 Å². The topological polar surface area (TPSA) is 105 Å². The number of hydrogen-bond acceptors (Lipinski definition) is 6. The Morgan fingerprint density at radius 3 is 2.32 bits per heavy atom. The van der Waals surface area contributed by atoms with Gasteiger partial charge in [-0.25, -0.2) is 9.59 Å². The lowest BCUT2D eigenvalue weighted by molar-refractivity contribution is -0.137. The lowest BCUT2D eigenvalue weighted by atomic mass is 10.1. The molecule has 0 fully saturated rings. The highest BCUT2D eigenvalue weighted by atomic mass is 16.5. The van der Waals surface area contributed by atoms with Crippen LogP contribution in [0.1, 0.15) is 16.8 Å². The van der Waals surface area contributed by atoms with Crippen molar-refractivity contribution in [1.29, 1.82) is 0 Å². The van der Waals surface area contributed by atoms with Gasteiger partial charge in [-0.3, -0.25) is 0 Å². The van der Waals surface area contributed by atoms with Crippen LogP contribution in [-0.2, 0) is 14.3 Å². The molecule has 1 aromatic rings. The van der Waals surface area contributed by atoms with Crippen molar-refractivity contribution in [3.8, 4) is 0 Å². The molecule has 0 saturated heterocycles. The van der Waals surface area contributed by atoms with Crippen molar-refractivity contribution in [2.75, 3.05) is 24.7 Å². The fourth-order valence-electron chi connectivity index (χ4n) is 1.35. The monoisotopic (exact) mass is 264 g/mol. The second-order valence-electron chi connectivity index (χ2n) is 3.67. The zero-order valence-corrected chi connectivity index (χ0v) is 10.4. The Hall–Kier alpha value is -2.50. The largest absolute Gasteiger partial charge is 0.462 e. The maximum absolute atomic E-state index is 11.7.